The summed E-state index contributed by atoms with van der Waals surface area (Å²) in [6.45, 7) is 2.29. The lowest BCUT2D eigenvalue weighted by molar-refractivity contribution is -0.0707. The van der Waals surface area contributed by atoms with Crippen LogP contribution in [0.15, 0.2) is 0 Å². The van der Waals surface area contributed by atoms with Crippen molar-refractivity contribution in [1.29, 1.82) is 0 Å². The van der Waals surface area contributed by atoms with Gasteiger partial charge in [0.1, 0.15) is 5.82 Å². The molecule has 3 N–H and O–H groups in total. The largest absolute Gasteiger partial charge is 0.367 e. The number of hydrogen-bond acceptors (Lipinski definition) is 3. The van der Waals surface area contributed by atoms with E-state index in [0.29, 0.717) is 17.3 Å². The molecular weight excluding hydrogens is 236 g/mol. The number of anilines is 1. The van der Waals surface area contributed by atoms with Crippen molar-refractivity contribution in [2.75, 3.05) is 5.73 Å². The summed E-state index contributed by atoms with van der Waals surface area (Å²) >= 11 is 0. The van der Waals surface area contributed by atoms with Crippen molar-refractivity contribution in [3.05, 3.63) is 5.82 Å². The lowest BCUT2D eigenvalue weighted by Gasteiger charge is -2.59. The highest BCUT2D eigenvalue weighted by Gasteiger charge is 2.54. The summed E-state index contributed by atoms with van der Waals surface area (Å²) in [5.41, 5.74) is 6.20. The minimum absolute atomic E-state index is 0.401. The van der Waals surface area contributed by atoms with Gasteiger partial charge in [-0.15, -0.1) is 5.10 Å². The van der Waals surface area contributed by atoms with E-state index >= 15 is 0 Å². The Morgan fingerprint density at radius 1 is 1.21 bits per heavy atom. The number of nitrogens with two attached hydrogens (primary N) is 1. The van der Waals surface area contributed by atoms with Crippen LogP contribution in [0.4, 0.5) is 5.95 Å². The van der Waals surface area contributed by atoms with Crippen molar-refractivity contribution in [1.82, 2.24) is 15.2 Å². The van der Waals surface area contributed by atoms with Gasteiger partial charge in [-0.2, -0.15) is 4.98 Å². The van der Waals surface area contributed by atoms with Gasteiger partial charge in [0.15, 0.2) is 0 Å². The topological polar surface area (TPSA) is 67.6 Å². The van der Waals surface area contributed by atoms with Crippen LogP contribution in [-0.2, 0) is 0 Å². The molecule has 1 aromatic heterocycles. The highest BCUT2D eigenvalue weighted by atomic mass is 15.3. The smallest absolute Gasteiger partial charge is 0.239 e. The van der Waals surface area contributed by atoms with E-state index in [2.05, 4.69) is 22.1 Å². The van der Waals surface area contributed by atoms with Crippen LogP contribution in [-0.4, -0.2) is 15.2 Å². The fourth-order valence-corrected chi connectivity index (χ4v) is 5.96. The summed E-state index contributed by atoms with van der Waals surface area (Å²) in [6.07, 6.45) is 9.88. The molecule has 0 aliphatic heterocycles. The van der Waals surface area contributed by atoms with Crippen LogP contribution < -0.4 is 5.73 Å². The maximum absolute atomic E-state index is 5.71. The minimum Gasteiger partial charge on any atom is -0.367 e. The number of aromatic nitrogens is 3. The van der Waals surface area contributed by atoms with Crippen LogP contribution in [0.25, 0.3) is 0 Å². The summed E-state index contributed by atoms with van der Waals surface area (Å²) in [4.78, 5) is 4.45. The third-order valence-electron chi connectivity index (χ3n) is 6.08. The highest BCUT2D eigenvalue weighted by Crippen LogP contribution is 2.64. The molecule has 104 valence electrons. The fraction of sp³-hybridized carbons (Fsp3) is 0.867. The van der Waals surface area contributed by atoms with Gasteiger partial charge in [0, 0.05) is 5.92 Å². The molecule has 4 saturated carbocycles. The Hall–Kier alpha value is -1.06. The van der Waals surface area contributed by atoms with Gasteiger partial charge in [-0.3, -0.25) is 5.10 Å². The first-order chi connectivity index (χ1) is 9.18. The second-order valence-corrected chi connectivity index (χ2v) is 7.32. The molecule has 5 rings (SSSR count). The first-order valence-electron chi connectivity index (χ1n) is 7.86. The molecule has 4 bridgehead atoms. The Labute approximate surface area is 114 Å². The quantitative estimate of drug-likeness (QED) is 0.877. The van der Waals surface area contributed by atoms with E-state index in [1.807, 2.05) is 0 Å². The van der Waals surface area contributed by atoms with Gasteiger partial charge in [-0.1, -0.05) is 6.92 Å². The van der Waals surface area contributed by atoms with Crippen molar-refractivity contribution < 1.29 is 0 Å². The van der Waals surface area contributed by atoms with Crippen LogP contribution in [0.2, 0.25) is 0 Å². The van der Waals surface area contributed by atoms with Crippen molar-refractivity contribution in [3.63, 3.8) is 0 Å². The average Bonchev–Trinajstić information content (AvgIpc) is 2.74. The van der Waals surface area contributed by atoms with Crippen molar-refractivity contribution in [2.24, 2.45) is 23.2 Å². The first kappa shape index (κ1) is 11.7. The second kappa shape index (κ2) is 3.97. The maximum atomic E-state index is 5.71. The Morgan fingerprint density at radius 3 is 2.21 bits per heavy atom. The van der Waals surface area contributed by atoms with Crippen LogP contribution in [0.5, 0.6) is 0 Å². The molecule has 4 fully saturated rings. The van der Waals surface area contributed by atoms with Crippen molar-refractivity contribution in [2.45, 2.75) is 57.8 Å². The van der Waals surface area contributed by atoms with E-state index in [0.717, 1.165) is 30.0 Å². The molecule has 1 aromatic rings. The van der Waals surface area contributed by atoms with Gasteiger partial charge in [0.2, 0.25) is 5.95 Å². The number of H-pyrrole nitrogens is 1. The molecule has 1 atom stereocenters. The van der Waals surface area contributed by atoms with E-state index < -0.39 is 0 Å². The standard InChI is InChI=1S/C15H24N4/c1-2-12(13-17-14(16)19-18-13)15-6-9-3-10(7-15)5-11(4-9)8-15/h9-12H,2-8H2,1H3,(H3,16,17,18,19). The SMILES string of the molecule is CCC(c1nc(N)n[nH]1)C12CC3CC(CC(C3)C1)C2. The molecule has 0 saturated heterocycles. The molecular formula is C15H24N4. The third-order valence-corrected chi connectivity index (χ3v) is 6.08. The predicted molar refractivity (Wildman–Crippen MR) is 74.4 cm³/mol. The number of rotatable bonds is 3. The molecule has 1 heterocycles. The molecule has 1 unspecified atom stereocenters. The van der Waals surface area contributed by atoms with Gasteiger partial charge in [-0.25, -0.2) is 0 Å². The molecule has 4 nitrogen and oxygen atoms in total. The Balaban J connectivity index is 1.69. The summed E-state index contributed by atoms with van der Waals surface area (Å²) in [5.74, 6) is 4.94. The number of aromatic amines is 1. The van der Waals surface area contributed by atoms with Gasteiger partial charge >= 0.3 is 0 Å². The summed E-state index contributed by atoms with van der Waals surface area (Å²) < 4.78 is 0. The molecule has 4 heteroatoms. The van der Waals surface area contributed by atoms with E-state index in [9.17, 15) is 0 Å². The van der Waals surface area contributed by atoms with Gasteiger partial charge in [0.05, 0.1) is 0 Å². The molecule has 0 aromatic carbocycles. The first-order valence-corrected chi connectivity index (χ1v) is 7.86. The summed E-state index contributed by atoms with van der Waals surface area (Å²) in [6, 6.07) is 0. The van der Waals surface area contributed by atoms with Crippen LogP contribution >= 0.6 is 0 Å². The maximum Gasteiger partial charge on any atom is 0.239 e. The highest BCUT2D eigenvalue weighted by molar-refractivity contribution is 5.18. The van der Waals surface area contributed by atoms with E-state index in [1.165, 1.54) is 38.5 Å². The molecule has 0 amide bonds. The van der Waals surface area contributed by atoms with E-state index in [4.69, 9.17) is 5.73 Å². The minimum atomic E-state index is 0.401. The zero-order valence-corrected chi connectivity index (χ0v) is 11.7. The fourth-order valence-electron chi connectivity index (χ4n) is 5.96. The normalized spacial score (nSPS) is 41.6. The van der Waals surface area contributed by atoms with Gasteiger partial charge in [-0.05, 0) is 68.1 Å². The summed E-state index contributed by atoms with van der Waals surface area (Å²) in [5, 5.41) is 7.15. The predicted octanol–water partition coefficient (Wildman–Crippen LogP) is 3.10. The third kappa shape index (κ3) is 1.72. The molecule has 4 aliphatic carbocycles. The number of hydrogen-bond donors (Lipinski definition) is 2. The number of nitrogens with one attached hydrogen (secondary N) is 1. The van der Waals surface area contributed by atoms with Crippen molar-refractivity contribution >= 4 is 5.95 Å². The monoisotopic (exact) mass is 260 g/mol. The van der Waals surface area contributed by atoms with Gasteiger partial charge in [0.25, 0.3) is 0 Å². The average molecular weight is 260 g/mol. The zero-order chi connectivity index (χ0) is 13.0. The molecule has 0 radical (unpaired) electrons. The Kier molecular flexibility index (Phi) is 2.45. The van der Waals surface area contributed by atoms with Crippen LogP contribution in [0, 0.1) is 23.2 Å². The van der Waals surface area contributed by atoms with E-state index in [1.54, 1.807) is 0 Å². The Morgan fingerprint density at radius 2 is 1.79 bits per heavy atom. The lowest BCUT2D eigenvalue weighted by Crippen LogP contribution is -2.49. The number of nitrogen functional groups attached to an aromatic ring is 1. The summed E-state index contributed by atoms with van der Waals surface area (Å²) in [7, 11) is 0. The van der Waals surface area contributed by atoms with Crippen LogP contribution in [0.3, 0.4) is 0 Å². The molecule has 0 spiro atoms. The van der Waals surface area contributed by atoms with Gasteiger partial charge < -0.3 is 5.73 Å². The molecule has 19 heavy (non-hydrogen) atoms. The van der Waals surface area contributed by atoms with Crippen LogP contribution in [0.1, 0.15) is 63.6 Å². The van der Waals surface area contributed by atoms with Crippen molar-refractivity contribution in [3.8, 4) is 0 Å². The number of nitrogens with zero attached hydrogens (tertiary/aromatic N) is 2. The Bertz CT molecular complexity index is 443. The lowest BCUT2D eigenvalue weighted by atomic mass is 9.46. The zero-order valence-electron chi connectivity index (χ0n) is 11.7. The van der Waals surface area contributed by atoms with E-state index in [-0.39, 0.29) is 0 Å². The second-order valence-electron chi connectivity index (χ2n) is 7.32. The molecule has 4 aliphatic rings.